The minimum absolute atomic E-state index is 0.124. The molecule has 0 spiro atoms. The molecule has 0 bridgehead atoms. The fourth-order valence-electron chi connectivity index (χ4n) is 2.85. The molecule has 16 heavy (non-hydrogen) atoms. The van der Waals surface area contributed by atoms with Crippen LogP contribution in [0.5, 0.6) is 5.75 Å². The predicted molar refractivity (Wildman–Crippen MR) is 61.7 cm³/mol. The zero-order valence-corrected chi connectivity index (χ0v) is 9.71. The minimum atomic E-state index is -0.235. The lowest BCUT2D eigenvalue weighted by atomic mass is 9.91. The third kappa shape index (κ3) is 1.60. The van der Waals surface area contributed by atoms with Crippen LogP contribution in [-0.4, -0.2) is 11.5 Å². The average molecular weight is 241 g/mol. The van der Waals surface area contributed by atoms with E-state index in [1.54, 1.807) is 0 Å². The van der Waals surface area contributed by atoms with Crippen LogP contribution < -0.4 is 4.74 Å². The van der Waals surface area contributed by atoms with Crippen LogP contribution in [0.15, 0.2) is 18.2 Å². The Morgan fingerprint density at radius 3 is 2.94 bits per heavy atom. The van der Waals surface area contributed by atoms with Crippen molar-refractivity contribution in [3.63, 3.8) is 0 Å². The second-order valence-corrected chi connectivity index (χ2v) is 5.23. The summed E-state index contributed by atoms with van der Waals surface area (Å²) < 4.78 is 18.9. The second kappa shape index (κ2) is 3.92. The summed E-state index contributed by atoms with van der Waals surface area (Å²) in [6.07, 6.45) is 4.54. The lowest BCUT2D eigenvalue weighted by Crippen LogP contribution is -2.23. The topological polar surface area (TPSA) is 9.23 Å². The summed E-state index contributed by atoms with van der Waals surface area (Å²) in [5.74, 6) is 0.712. The highest BCUT2D eigenvalue weighted by molar-refractivity contribution is 6.21. The normalized spacial score (nSPS) is 32.5. The van der Waals surface area contributed by atoms with Crippen molar-refractivity contribution in [2.24, 2.45) is 0 Å². The van der Waals surface area contributed by atoms with E-state index in [1.165, 1.54) is 18.6 Å². The van der Waals surface area contributed by atoms with E-state index in [-0.39, 0.29) is 23.2 Å². The van der Waals surface area contributed by atoms with Crippen LogP contribution in [0.2, 0.25) is 0 Å². The monoisotopic (exact) mass is 240 g/mol. The van der Waals surface area contributed by atoms with Crippen molar-refractivity contribution in [2.45, 2.75) is 43.1 Å². The van der Waals surface area contributed by atoms with E-state index in [9.17, 15) is 4.39 Å². The quantitative estimate of drug-likeness (QED) is 0.626. The number of rotatable bonds is 0. The van der Waals surface area contributed by atoms with Gasteiger partial charge in [0.2, 0.25) is 0 Å². The maximum absolute atomic E-state index is 13.1. The van der Waals surface area contributed by atoms with Gasteiger partial charge in [0.15, 0.2) is 0 Å². The zero-order chi connectivity index (χ0) is 11.1. The van der Waals surface area contributed by atoms with Crippen LogP contribution in [0.4, 0.5) is 4.39 Å². The summed E-state index contributed by atoms with van der Waals surface area (Å²) in [6.45, 7) is 0. The summed E-state index contributed by atoms with van der Waals surface area (Å²) in [7, 11) is 0. The first-order valence-corrected chi connectivity index (χ1v) is 6.29. The van der Waals surface area contributed by atoms with E-state index >= 15 is 0 Å². The van der Waals surface area contributed by atoms with Crippen LogP contribution in [-0.2, 0) is 0 Å². The Morgan fingerprint density at radius 1 is 1.25 bits per heavy atom. The highest BCUT2D eigenvalue weighted by Gasteiger charge is 2.40. The second-order valence-electron chi connectivity index (χ2n) is 4.66. The summed E-state index contributed by atoms with van der Waals surface area (Å²) in [5.41, 5.74) is 1.09. The van der Waals surface area contributed by atoms with Crippen LogP contribution in [0.25, 0.3) is 0 Å². The molecule has 0 radical (unpaired) electrons. The highest BCUT2D eigenvalue weighted by Crippen LogP contribution is 2.46. The fraction of sp³-hybridized carbons (Fsp3) is 0.538. The average Bonchev–Trinajstić information content (AvgIpc) is 2.51. The Kier molecular flexibility index (Phi) is 2.55. The molecule has 3 heteroatoms. The zero-order valence-electron chi connectivity index (χ0n) is 8.96. The maximum Gasteiger partial charge on any atom is 0.126 e. The predicted octanol–water partition coefficient (Wildman–Crippen LogP) is 3.85. The number of hydrogen-bond donors (Lipinski definition) is 0. The highest BCUT2D eigenvalue weighted by atomic mass is 35.5. The van der Waals surface area contributed by atoms with Crippen molar-refractivity contribution in [3.05, 3.63) is 29.6 Å². The Bertz CT molecular complexity index is 407. The van der Waals surface area contributed by atoms with Gasteiger partial charge >= 0.3 is 0 Å². The SMILES string of the molecule is Fc1ccc2c(c1)OC1CCCCC(Cl)C21. The summed E-state index contributed by atoms with van der Waals surface area (Å²) in [4.78, 5) is 0. The summed E-state index contributed by atoms with van der Waals surface area (Å²) >= 11 is 6.42. The van der Waals surface area contributed by atoms with Gasteiger partial charge in [-0.2, -0.15) is 0 Å². The van der Waals surface area contributed by atoms with Crippen molar-refractivity contribution in [1.29, 1.82) is 0 Å². The van der Waals surface area contributed by atoms with Gasteiger partial charge in [-0.25, -0.2) is 4.39 Å². The molecule has 1 aliphatic heterocycles. The molecule has 2 aliphatic rings. The maximum atomic E-state index is 13.1. The van der Waals surface area contributed by atoms with E-state index in [0.29, 0.717) is 5.75 Å². The van der Waals surface area contributed by atoms with Crippen LogP contribution >= 0.6 is 11.6 Å². The van der Waals surface area contributed by atoms with Crippen molar-refractivity contribution < 1.29 is 9.13 Å². The smallest absolute Gasteiger partial charge is 0.126 e. The number of fused-ring (bicyclic) bond motifs is 3. The molecule has 0 amide bonds. The molecule has 1 aromatic rings. The number of ether oxygens (including phenoxy) is 1. The van der Waals surface area contributed by atoms with Gasteiger partial charge < -0.3 is 4.74 Å². The van der Waals surface area contributed by atoms with Gasteiger partial charge in [-0.1, -0.05) is 12.5 Å². The molecule has 1 nitrogen and oxygen atoms in total. The van der Waals surface area contributed by atoms with Gasteiger partial charge in [-0.05, 0) is 25.3 Å². The molecule has 0 saturated heterocycles. The van der Waals surface area contributed by atoms with Crippen molar-refractivity contribution >= 4 is 11.6 Å². The Hall–Kier alpha value is -0.760. The van der Waals surface area contributed by atoms with Crippen molar-refractivity contribution in [3.8, 4) is 5.75 Å². The van der Waals surface area contributed by atoms with Gasteiger partial charge in [-0.15, -0.1) is 11.6 Å². The molecule has 0 N–H and O–H groups in total. The van der Waals surface area contributed by atoms with Crippen LogP contribution in [0, 0.1) is 5.82 Å². The molecular weight excluding hydrogens is 227 g/mol. The van der Waals surface area contributed by atoms with E-state index in [0.717, 1.165) is 24.8 Å². The lowest BCUT2D eigenvalue weighted by Gasteiger charge is -2.19. The Labute approximate surface area is 99.6 Å². The first kappa shape index (κ1) is 10.4. The minimum Gasteiger partial charge on any atom is -0.489 e. The van der Waals surface area contributed by atoms with Gasteiger partial charge in [0.05, 0.1) is 0 Å². The number of benzene rings is 1. The Balaban J connectivity index is 2.00. The molecular formula is C13H14ClFO. The third-order valence-electron chi connectivity index (χ3n) is 3.62. The van der Waals surface area contributed by atoms with Gasteiger partial charge in [-0.3, -0.25) is 0 Å². The van der Waals surface area contributed by atoms with Gasteiger partial charge in [0, 0.05) is 22.9 Å². The molecule has 3 unspecified atom stereocenters. The fourth-order valence-corrected chi connectivity index (χ4v) is 3.31. The van der Waals surface area contributed by atoms with E-state index in [4.69, 9.17) is 16.3 Å². The third-order valence-corrected chi connectivity index (χ3v) is 4.11. The molecule has 86 valence electrons. The standard InChI is InChI=1S/C13H14ClFO/c14-10-3-1-2-4-11-13(10)9-6-5-8(15)7-12(9)16-11/h5-7,10-11,13H,1-4H2. The molecule has 3 rings (SSSR count). The number of hydrogen-bond acceptors (Lipinski definition) is 1. The van der Waals surface area contributed by atoms with E-state index in [1.807, 2.05) is 6.07 Å². The van der Waals surface area contributed by atoms with Crippen molar-refractivity contribution in [2.75, 3.05) is 0 Å². The molecule has 0 aromatic heterocycles. The van der Waals surface area contributed by atoms with E-state index in [2.05, 4.69) is 0 Å². The first-order chi connectivity index (χ1) is 7.75. The van der Waals surface area contributed by atoms with Crippen molar-refractivity contribution in [1.82, 2.24) is 0 Å². The molecule has 1 aliphatic carbocycles. The van der Waals surface area contributed by atoms with Crippen LogP contribution in [0.3, 0.4) is 0 Å². The van der Waals surface area contributed by atoms with Gasteiger partial charge in [0.25, 0.3) is 0 Å². The largest absolute Gasteiger partial charge is 0.489 e. The molecule has 1 aromatic carbocycles. The molecule has 1 heterocycles. The van der Waals surface area contributed by atoms with Gasteiger partial charge in [0.1, 0.15) is 17.7 Å². The van der Waals surface area contributed by atoms with E-state index < -0.39 is 0 Å². The molecule has 1 saturated carbocycles. The summed E-state index contributed by atoms with van der Waals surface area (Å²) in [5, 5.41) is 0.124. The molecule has 1 fully saturated rings. The summed E-state index contributed by atoms with van der Waals surface area (Å²) in [6, 6.07) is 4.81. The first-order valence-electron chi connectivity index (χ1n) is 5.86. The number of halogens is 2. The van der Waals surface area contributed by atoms with Crippen LogP contribution in [0.1, 0.15) is 37.2 Å². The lowest BCUT2D eigenvalue weighted by molar-refractivity contribution is 0.197. The Morgan fingerprint density at radius 2 is 2.06 bits per heavy atom. The molecule has 3 atom stereocenters. The number of alkyl halides is 1.